The van der Waals surface area contributed by atoms with Crippen LogP contribution in [0.4, 0.5) is 0 Å². The van der Waals surface area contributed by atoms with Crippen molar-refractivity contribution in [3.05, 3.63) is 58.7 Å². The van der Waals surface area contributed by atoms with Gasteiger partial charge < -0.3 is 5.11 Å². The summed E-state index contributed by atoms with van der Waals surface area (Å²) in [6.07, 6.45) is 0. The lowest BCUT2D eigenvalue weighted by atomic mass is 9.92. The van der Waals surface area contributed by atoms with Crippen LogP contribution in [-0.4, -0.2) is 5.11 Å². The highest BCUT2D eigenvalue weighted by molar-refractivity contribution is 5.72. The van der Waals surface area contributed by atoms with Gasteiger partial charge in [0.1, 0.15) is 0 Å². The molecule has 1 N–H and O–H groups in total. The summed E-state index contributed by atoms with van der Waals surface area (Å²) in [5.74, 6) is 0. The number of hydrogen-bond acceptors (Lipinski definition) is 1. The third-order valence-electron chi connectivity index (χ3n) is 3.51. The van der Waals surface area contributed by atoms with Gasteiger partial charge in [-0.1, -0.05) is 36.4 Å². The molecule has 0 unspecified atom stereocenters. The SMILES string of the molecule is Cc1cccc(-c2cccc(CO)c2C)c1C. The van der Waals surface area contributed by atoms with Crippen molar-refractivity contribution in [1.82, 2.24) is 0 Å². The molecule has 0 radical (unpaired) electrons. The van der Waals surface area contributed by atoms with E-state index in [1.807, 2.05) is 12.1 Å². The molecule has 88 valence electrons. The van der Waals surface area contributed by atoms with E-state index in [-0.39, 0.29) is 6.61 Å². The fourth-order valence-corrected chi connectivity index (χ4v) is 2.19. The smallest absolute Gasteiger partial charge is 0.0684 e. The van der Waals surface area contributed by atoms with Crippen LogP contribution in [-0.2, 0) is 6.61 Å². The summed E-state index contributed by atoms with van der Waals surface area (Å²) in [5.41, 5.74) is 7.27. The fourth-order valence-electron chi connectivity index (χ4n) is 2.19. The van der Waals surface area contributed by atoms with E-state index in [2.05, 4.69) is 45.0 Å². The van der Waals surface area contributed by atoms with Gasteiger partial charge in [0, 0.05) is 0 Å². The molecule has 1 nitrogen and oxygen atoms in total. The van der Waals surface area contributed by atoms with Gasteiger partial charge in [-0.3, -0.25) is 0 Å². The van der Waals surface area contributed by atoms with E-state index in [1.54, 1.807) is 0 Å². The molecule has 0 saturated carbocycles. The van der Waals surface area contributed by atoms with Crippen LogP contribution < -0.4 is 0 Å². The second-order valence-corrected chi connectivity index (χ2v) is 4.50. The summed E-state index contributed by atoms with van der Waals surface area (Å²) in [7, 11) is 0. The third kappa shape index (κ3) is 2.11. The third-order valence-corrected chi connectivity index (χ3v) is 3.51. The molecule has 0 spiro atoms. The van der Waals surface area contributed by atoms with Crippen LogP contribution in [0.3, 0.4) is 0 Å². The summed E-state index contributed by atoms with van der Waals surface area (Å²) >= 11 is 0. The molecule has 2 aromatic rings. The minimum absolute atomic E-state index is 0.102. The molecular formula is C16H18O. The number of rotatable bonds is 2. The Kier molecular flexibility index (Phi) is 3.30. The average Bonchev–Trinajstić information content (AvgIpc) is 2.33. The Morgan fingerprint density at radius 1 is 0.824 bits per heavy atom. The van der Waals surface area contributed by atoms with Crippen LogP contribution in [0.25, 0.3) is 11.1 Å². The van der Waals surface area contributed by atoms with Gasteiger partial charge in [-0.15, -0.1) is 0 Å². The number of hydrogen-bond donors (Lipinski definition) is 1. The van der Waals surface area contributed by atoms with Gasteiger partial charge in [0.25, 0.3) is 0 Å². The van der Waals surface area contributed by atoms with E-state index < -0.39 is 0 Å². The van der Waals surface area contributed by atoms with Crippen molar-refractivity contribution < 1.29 is 5.11 Å². The first-order valence-corrected chi connectivity index (χ1v) is 5.91. The normalized spacial score (nSPS) is 10.6. The number of aryl methyl sites for hydroxylation is 1. The molecule has 0 fully saturated rings. The molecule has 0 aromatic heterocycles. The number of aliphatic hydroxyl groups excluding tert-OH is 1. The fraction of sp³-hybridized carbons (Fsp3) is 0.250. The topological polar surface area (TPSA) is 20.2 Å². The van der Waals surface area contributed by atoms with E-state index >= 15 is 0 Å². The minimum atomic E-state index is 0.102. The van der Waals surface area contributed by atoms with E-state index in [0.29, 0.717) is 0 Å². The predicted molar refractivity (Wildman–Crippen MR) is 72.0 cm³/mol. The second-order valence-electron chi connectivity index (χ2n) is 4.50. The number of benzene rings is 2. The van der Waals surface area contributed by atoms with E-state index in [9.17, 15) is 5.11 Å². The Hall–Kier alpha value is -1.60. The van der Waals surface area contributed by atoms with Crippen molar-refractivity contribution in [2.75, 3.05) is 0 Å². The molecule has 0 aliphatic rings. The molecule has 0 aliphatic carbocycles. The molecule has 2 rings (SSSR count). The molecule has 0 saturated heterocycles. The highest BCUT2D eigenvalue weighted by Gasteiger charge is 2.08. The minimum Gasteiger partial charge on any atom is -0.392 e. The Bertz CT molecular complexity index is 541. The average molecular weight is 226 g/mol. The van der Waals surface area contributed by atoms with Gasteiger partial charge >= 0.3 is 0 Å². The largest absolute Gasteiger partial charge is 0.392 e. The molecule has 0 atom stereocenters. The quantitative estimate of drug-likeness (QED) is 0.826. The molecule has 0 bridgehead atoms. The molecule has 0 heterocycles. The predicted octanol–water partition coefficient (Wildman–Crippen LogP) is 3.77. The highest BCUT2D eigenvalue weighted by Crippen LogP contribution is 2.29. The van der Waals surface area contributed by atoms with E-state index in [1.165, 1.54) is 27.8 Å². The Balaban J connectivity index is 2.65. The summed E-state index contributed by atoms with van der Waals surface area (Å²) in [4.78, 5) is 0. The summed E-state index contributed by atoms with van der Waals surface area (Å²) < 4.78 is 0. The van der Waals surface area contributed by atoms with Crippen molar-refractivity contribution in [1.29, 1.82) is 0 Å². The molecule has 0 amide bonds. The zero-order valence-corrected chi connectivity index (χ0v) is 10.6. The van der Waals surface area contributed by atoms with Crippen LogP contribution in [0, 0.1) is 20.8 Å². The first-order valence-electron chi connectivity index (χ1n) is 5.91. The Labute approximate surface area is 103 Å². The molecular weight excluding hydrogens is 208 g/mol. The lowest BCUT2D eigenvalue weighted by Gasteiger charge is -2.13. The van der Waals surface area contributed by atoms with Gasteiger partial charge in [0.15, 0.2) is 0 Å². The molecule has 17 heavy (non-hydrogen) atoms. The van der Waals surface area contributed by atoms with Crippen molar-refractivity contribution >= 4 is 0 Å². The highest BCUT2D eigenvalue weighted by atomic mass is 16.3. The first kappa shape index (κ1) is 11.9. The Morgan fingerprint density at radius 2 is 1.41 bits per heavy atom. The van der Waals surface area contributed by atoms with Crippen LogP contribution in [0.15, 0.2) is 36.4 Å². The zero-order chi connectivity index (χ0) is 12.4. The maximum absolute atomic E-state index is 9.31. The van der Waals surface area contributed by atoms with Crippen molar-refractivity contribution in [2.45, 2.75) is 27.4 Å². The molecule has 2 aromatic carbocycles. The lowest BCUT2D eigenvalue weighted by molar-refractivity contribution is 0.281. The zero-order valence-electron chi connectivity index (χ0n) is 10.6. The maximum atomic E-state index is 9.31. The molecule has 1 heteroatoms. The van der Waals surface area contributed by atoms with Crippen LogP contribution in [0.5, 0.6) is 0 Å². The van der Waals surface area contributed by atoms with Crippen LogP contribution in [0.2, 0.25) is 0 Å². The van der Waals surface area contributed by atoms with E-state index in [4.69, 9.17) is 0 Å². The summed E-state index contributed by atoms with van der Waals surface area (Å²) in [5, 5.41) is 9.31. The standard InChI is InChI=1S/C16H18O/c1-11-6-4-8-15(12(11)2)16-9-5-7-14(10-17)13(16)3/h4-9,17H,10H2,1-3H3. The van der Waals surface area contributed by atoms with Gasteiger partial charge in [0.2, 0.25) is 0 Å². The Morgan fingerprint density at radius 3 is 2.06 bits per heavy atom. The lowest BCUT2D eigenvalue weighted by Crippen LogP contribution is -1.94. The first-order chi connectivity index (χ1) is 8.15. The second kappa shape index (κ2) is 4.72. The summed E-state index contributed by atoms with van der Waals surface area (Å²) in [6, 6.07) is 12.5. The van der Waals surface area contributed by atoms with Crippen molar-refractivity contribution in [2.24, 2.45) is 0 Å². The van der Waals surface area contributed by atoms with Gasteiger partial charge in [-0.05, 0) is 54.2 Å². The number of aliphatic hydroxyl groups is 1. The van der Waals surface area contributed by atoms with Crippen molar-refractivity contribution in [3.63, 3.8) is 0 Å². The maximum Gasteiger partial charge on any atom is 0.0684 e. The van der Waals surface area contributed by atoms with Crippen LogP contribution >= 0.6 is 0 Å². The van der Waals surface area contributed by atoms with Crippen LogP contribution in [0.1, 0.15) is 22.3 Å². The monoisotopic (exact) mass is 226 g/mol. The summed E-state index contributed by atoms with van der Waals surface area (Å²) in [6.45, 7) is 6.45. The molecule has 0 aliphatic heterocycles. The van der Waals surface area contributed by atoms with Gasteiger partial charge in [0.05, 0.1) is 6.61 Å². The van der Waals surface area contributed by atoms with E-state index in [0.717, 1.165) is 5.56 Å². The van der Waals surface area contributed by atoms with Gasteiger partial charge in [-0.25, -0.2) is 0 Å². The van der Waals surface area contributed by atoms with Crippen molar-refractivity contribution in [3.8, 4) is 11.1 Å². The van der Waals surface area contributed by atoms with Gasteiger partial charge in [-0.2, -0.15) is 0 Å².